The van der Waals surface area contributed by atoms with Gasteiger partial charge < -0.3 is 33.9 Å². The van der Waals surface area contributed by atoms with Gasteiger partial charge in [-0.15, -0.1) is 0 Å². The Labute approximate surface area is 265 Å². The zero-order valence-corrected chi connectivity index (χ0v) is 26.0. The smallest absolute Gasteiger partial charge is 0.246 e. The number of amides is 1. The number of anilines is 3. The Morgan fingerprint density at radius 1 is 1.17 bits per heavy atom. The number of hydrogen-bond donors (Lipinski definition) is 1. The third kappa shape index (κ3) is 5.65. The Balaban J connectivity index is 1.12. The summed E-state index contributed by atoms with van der Waals surface area (Å²) in [5, 5.41) is 3.12. The van der Waals surface area contributed by atoms with Crippen molar-refractivity contribution in [2.45, 2.75) is 25.9 Å². The summed E-state index contributed by atoms with van der Waals surface area (Å²) in [6, 6.07) is 8.45. The van der Waals surface area contributed by atoms with Crippen LogP contribution in [0.1, 0.15) is 12.5 Å². The van der Waals surface area contributed by atoms with E-state index in [4.69, 9.17) is 14.5 Å². The molecule has 0 aliphatic carbocycles. The summed E-state index contributed by atoms with van der Waals surface area (Å²) in [7, 11) is 3.95. The molecule has 7 rings (SSSR count). The fraction of sp³-hybridized carbons (Fsp3) is 0.303. The number of carbonyl (C=O) groups is 1. The number of nitrogens with zero attached hydrogens (tertiary/aromatic N) is 8. The summed E-state index contributed by atoms with van der Waals surface area (Å²) in [6.07, 6.45) is 10.3. The highest BCUT2D eigenvalue weighted by atomic mass is 19.1. The predicted octanol–water partition coefficient (Wildman–Crippen LogP) is 4.57. The van der Waals surface area contributed by atoms with Crippen molar-refractivity contribution in [3.8, 4) is 17.2 Å². The third-order valence-electron chi connectivity index (χ3n) is 8.50. The number of nitrogens with one attached hydrogen (secondary N) is 1. The van der Waals surface area contributed by atoms with E-state index in [1.165, 1.54) is 12.4 Å². The number of pyridine rings is 2. The number of carbonyl (C=O) groups excluding carboxylic acids is 1. The van der Waals surface area contributed by atoms with Crippen molar-refractivity contribution in [1.82, 2.24) is 34.1 Å². The molecule has 6 heterocycles. The molecule has 2 bridgehead atoms. The van der Waals surface area contributed by atoms with E-state index in [-0.39, 0.29) is 23.7 Å². The molecule has 4 aromatic heterocycles. The van der Waals surface area contributed by atoms with Gasteiger partial charge in [0.2, 0.25) is 5.91 Å². The summed E-state index contributed by atoms with van der Waals surface area (Å²) in [4.78, 5) is 37.1. The van der Waals surface area contributed by atoms with Crippen LogP contribution < -0.4 is 19.7 Å². The van der Waals surface area contributed by atoms with Gasteiger partial charge >= 0.3 is 0 Å². The molecule has 1 amide bonds. The van der Waals surface area contributed by atoms with Crippen LogP contribution in [0.15, 0.2) is 67.4 Å². The van der Waals surface area contributed by atoms with E-state index in [9.17, 15) is 4.79 Å². The number of piperazine rings is 1. The number of rotatable bonds is 7. The van der Waals surface area contributed by atoms with Gasteiger partial charge in [0.1, 0.15) is 41.4 Å². The van der Waals surface area contributed by atoms with E-state index in [0.717, 1.165) is 11.2 Å². The van der Waals surface area contributed by atoms with E-state index in [2.05, 4.69) is 25.2 Å². The van der Waals surface area contributed by atoms with Crippen LogP contribution in [0.5, 0.6) is 17.2 Å². The van der Waals surface area contributed by atoms with Crippen molar-refractivity contribution in [1.29, 1.82) is 0 Å². The number of likely N-dealkylation sites (N-methyl/N-ethyl adjacent to an activating group) is 1. The van der Waals surface area contributed by atoms with Crippen LogP contribution in [0.4, 0.5) is 21.7 Å². The van der Waals surface area contributed by atoms with Crippen molar-refractivity contribution in [3.05, 3.63) is 78.8 Å². The monoisotopic (exact) mass is 623 g/mol. The van der Waals surface area contributed by atoms with Gasteiger partial charge in [0, 0.05) is 68.5 Å². The van der Waals surface area contributed by atoms with E-state index in [0.29, 0.717) is 66.2 Å². The zero-order valence-electron chi connectivity index (χ0n) is 26.0. The first-order chi connectivity index (χ1) is 22.2. The lowest BCUT2D eigenvalue weighted by atomic mass is 10.1. The van der Waals surface area contributed by atoms with Crippen LogP contribution in [0.25, 0.3) is 16.7 Å². The third-order valence-corrected chi connectivity index (χ3v) is 8.50. The average Bonchev–Trinajstić information content (AvgIpc) is 3.47. The van der Waals surface area contributed by atoms with E-state index < -0.39 is 5.82 Å². The van der Waals surface area contributed by atoms with Gasteiger partial charge in [-0.1, -0.05) is 6.08 Å². The molecule has 2 atom stereocenters. The molecule has 0 saturated carbocycles. The molecule has 1 fully saturated rings. The number of fused-ring (bicyclic) bond motifs is 6. The molecular formula is C33H34FN9O3. The Morgan fingerprint density at radius 3 is 2.89 bits per heavy atom. The molecule has 1 N–H and O–H groups in total. The van der Waals surface area contributed by atoms with Gasteiger partial charge in [-0.2, -0.15) is 0 Å². The highest BCUT2D eigenvalue weighted by Gasteiger charge is 2.35. The number of hydrogen-bond acceptors (Lipinski definition) is 10. The van der Waals surface area contributed by atoms with Gasteiger partial charge in [-0.3, -0.25) is 4.79 Å². The average molecular weight is 624 g/mol. The maximum Gasteiger partial charge on any atom is 0.246 e. The highest BCUT2D eigenvalue weighted by Crippen LogP contribution is 2.37. The molecule has 13 heteroatoms. The minimum atomic E-state index is -0.509. The molecular weight excluding hydrogens is 589 g/mol. The van der Waals surface area contributed by atoms with Crippen LogP contribution in [-0.4, -0.2) is 92.5 Å². The molecule has 12 nitrogen and oxygen atoms in total. The normalized spacial score (nSPS) is 16.9. The van der Waals surface area contributed by atoms with E-state index in [1.54, 1.807) is 30.5 Å². The first-order valence-electron chi connectivity index (χ1n) is 15.1. The number of aromatic nitrogens is 5. The molecule has 46 heavy (non-hydrogen) atoms. The summed E-state index contributed by atoms with van der Waals surface area (Å²) in [6.45, 7) is 5.93. The zero-order chi connectivity index (χ0) is 31.9. The number of ether oxygens (including phenoxy) is 2. The fourth-order valence-electron chi connectivity index (χ4n) is 5.62. The fourth-order valence-corrected chi connectivity index (χ4v) is 5.62. The minimum Gasteiger partial charge on any atom is -0.487 e. The summed E-state index contributed by atoms with van der Waals surface area (Å²) < 4.78 is 29.5. The number of halogens is 1. The van der Waals surface area contributed by atoms with Crippen LogP contribution in [0.2, 0.25) is 0 Å². The van der Waals surface area contributed by atoms with Crippen LogP contribution in [0, 0.1) is 12.7 Å². The van der Waals surface area contributed by atoms with E-state index >= 15 is 4.39 Å². The molecule has 2 aliphatic rings. The maximum absolute atomic E-state index is 15.5. The molecule has 0 unspecified atom stereocenters. The van der Waals surface area contributed by atoms with Gasteiger partial charge in [-0.25, -0.2) is 24.3 Å². The van der Waals surface area contributed by atoms with Gasteiger partial charge in [0.15, 0.2) is 17.4 Å². The second-order valence-corrected chi connectivity index (χ2v) is 11.8. The summed E-state index contributed by atoms with van der Waals surface area (Å²) in [5.41, 5.74) is 2.71. The van der Waals surface area contributed by atoms with Gasteiger partial charge in [0.05, 0.1) is 17.2 Å². The maximum atomic E-state index is 15.5. The standard InChI is InChI=1S/C33H34FN9O3/c1-20-13-25(24(34)15-27(20)46-23-7-9-41-10-8-35-29(41)14-23)38-32-31-26(36-19-37-32)16-28-33(39-31)42-11-12-43(22(17-42)18-45-28)30(44)6-5-21(2)40(3)4/h5-10,13-16,19,21-22H,11-12,17-18H2,1-4H3,(H,36,37,38)/b6-5+/t21-,22+/m1/s1. The topological polar surface area (TPSA) is 113 Å². The van der Waals surface area contributed by atoms with Crippen LogP contribution >= 0.6 is 0 Å². The lowest BCUT2D eigenvalue weighted by Crippen LogP contribution is -2.56. The van der Waals surface area contributed by atoms with Crippen molar-refractivity contribution >= 4 is 39.9 Å². The molecule has 1 saturated heterocycles. The predicted molar refractivity (Wildman–Crippen MR) is 173 cm³/mol. The van der Waals surface area contributed by atoms with Crippen molar-refractivity contribution in [2.24, 2.45) is 0 Å². The second kappa shape index (κ2) is 11.9. The minimum absolute atomic E-state index is 0.0313. The highest BCUT2D eigenvalue weighted by molar-refractivity contribution is 5.91. The lowest BCUT2D eigenvalue weighted by Gasteiger charge is -2.39. The summed E-state index contributed by atoms with van der Waals surface area (Å²) >= 11 is 0. The molecule has 0 spiro atoms. The quantitative estimate of drug-likeness (QED) is 0.259. The molecule has 1 aromatic carbocycles. The number of aryl methyl sites for hydroxylation is 1. The van der Waals surface area contributed by atoms with Crippen molar-refractivity contribution < 1.29 is 18.7 Å². The number of benzene rings is 1. The molecule has 5 aromatic rings. The Bertz CT molecular complexity index is 1980. The SMILES string of the molecule is Cc1cc(Nc2ncnc3cc4c(nc23)N2CCN(C(=O)/C=C/[C@@H](C)N(C)C)[C@H](CO4)C2)c(F)cc1Oc1ccn2ccnc2c1. The van der Waals surface area contributed by atoms with Crippen molar-refractivity contribution in [3.63, 3.8) is 0 Å². The first kappa shape index (κ1) is 29.4. The molecule has 0 radical (unpaired) electrons. The number of imidazole rings is 1. The Morgan fingerprint density at radius 2 is 2.04 bits per heavy atom. The lowest BCUT2D eigenvalue weighted by molar-refractivity contribution is -0.129. The van der Waals surface area contributed by atoms with Gasteiger partial charge in [-0.05, 0) is 45.6 Å². The van der Waals surface area contributed by atoms with E-state index in [1.807, 2.05) is 66.7 Å². The van der Waals surface area contributed by atoms with Crippen molar-refractivity contribution in [2.75, 3.05) is 50.6 Å². The van der Waals surface area contributed by atoms with Crippen LogP contribution in [-0.2, 0) is 4.79 Å². The molecule has 2 aliphatic heterocycles. The molecule has 236 valence electrons. The van der Waals surface area contributed by atoms with Crippen LogP contribution in [0.3, 0.4) is 0 Å². The first-order valence-corrected chi connectivity index (χ1v) is 15.1. The van der Waals surface area contributed by atoms with Gasteiger partial charge in [0.25, 0.3) is 0 Å². The summed E-state index contributed by atoms with van der Waals surface area (Å²) in [5.74, 6) is 2.00. The second-order valence-electron chi connectivity index (χ2n) is 11.8. The Kier molecular flexibility index (Phi) is 7.61. The largest absolute Gasteiger partial charge is 0.487 e. The Hall–Kier alpha value is -5.30.